The Hall–Kier alpha value is -1.94. The molecule has 1 saturated carbocycles. The van der Waals surface area contributed by atoms with Crippen molar-refractivity contribution in [2.24, 2.45) is 4.99 Å². The maximum atomic E-state index is 10.3. The summed E-state index contributed by atoms with van der Waals surface area (Å²) in [7, 11) is 3.01. The number of hydrogen-bond donors (Lipinski definition) is 0. The van der Waals surface area contributed by atoms with Gasteiger partial charge in [0.15, 0.2) is 11.6 Å². The van der Waals surface area contributed by atoms with E-state index in [1.54, 1.807) is 6.08 Å². The average molecular weight is 221 g/mol. The van der Waals surface area contributed by atoms with Gasteiger partial charge < -0.3 is 9.47 Å². The van der Waals surface area contributed by atoms with Gasteiger partial charge in [0.1, 0.15) is 5.54 Å². The Morgan fingerprint density at radius 2 is 2.19 bits per heavy atom. The van der Waals surface area contributed by atoms with Crippen molar-refractivity contribution in [2.45, 2.75) is 18.4 Å². The van der Waals surface area contributed by atoms with Gasteiger partial charge >= 0.3 is 0 Å². The van der Waals surface area contributed by atoms with Gasteiger partial charge in [-0.25, -0.2) is 9.78 Å². The number of hydrogen-bond acceptors (Lipinski definition) is 6. The van der Waals surface area contributed by atoms with Gasteiger partial charge in [-0.15, -0.1) is 0 Å². The van der Waals surface area contributed by atoms with Gasteiger partial charge in [-0.1, -0.05) is 0 Å². The molecule has 1 heterocycles. The van der Waals surface area contributed by atoms with Crippen molar-refractivity contribution in [3.63, 3.8) is 0 Å². The van der Waals surface area contributed by atoms with Crippen LogP contribution in [-0.2, 0) is 10.3 Å². The zero-order valence-electron chi connectivity index (χ0n) is 9.06. The first kappa shape index (κ1) is 10.6. The Morgan fingerprint density at radius 3 is 2.69 bits per heavy atom. The number of aromatic nitrogens is 2. The predicted octanol–water partition coefficient (Wildman–Crippen LogP) is 0.819. The van der Waals surface area contributed by atoms with E-state index in [1.807, 2.05) is 0 Å². The van der Waals surface area contributed by atoms with Crippen molar-refractivity contribution in [1.82, 2.24) is 9.97 Å². The maximum Gasteiger partial charge on any atom is 0.260 e. The third kappa shape index (κ3) is 1.63. The highest BCUT2D eigenvalue weighted by molar-refractivity contribution is 5.39. The number of rotatable bonds is 4. The largest absolute Gasteiger partial charge is 0.490 e. The SMILES string of the molecule is COc1cnc(C2(N=C=O)CC2)nc1OC. The Labute approximate surface area is 92.3 Å². The van der Waals surface area contributed by atoms with Crippen molar-refractivity contribution >= 4 is 6.08 Å². The molecular weight excluding hydrogens is 210 g/mol. The number of aliphatic imine (C=N–C) groups is 1. The fraction of sp³-hybridized carbons (Fsp3) is 0.500. The van der Waals surface area contributed by atoms with Crippen LogP contribution >= 0.6 is 0 Å². The molecule has 2 rings (SSSR count). The molecule has 0 aliphatic heterocycles. The smallest absolute Gasteiger partial charge is 0.260 e. The summed E-state index contributed by atoms with van der Waals surface area (Å²) < 4.78 is 10.1. The summed E-state index contributed by atoms with van der Waals surface area (Å²) in [5.74, 6) is 1.28. The maximum absolute atomic E-state index is 10.3. The molecule has 0 atom stereocenters. The van der Waals surface area contributed by atoms with E-state index in [-0.39, 0.29) is 0 Å². The fourth-order valence-electron chi connectivity index (χ4n) is 1.46. The van der Waals surface area contributed by atoms with Crippen LogP contribution in [-0.4, -0.2) is 30.3 Å². The zero-order chi connectivity index (χ0) is 11.6. The molecule has 1 aliphatic carbocycles. The highest BCUT2D eigenvalue weighted by Gasteiger charge is 2.48. The molecular formula is C10H11N3O3. The molecule has 0 unspecified atom stereocenters. The number of isocyanates is 1. The lowest BCUT2D eigenvalue weighted by Gasteiger charge is -2.10. The van der Waals surface area contributed by atoms with E-state index in [0.717, 1.165) is 12.8 Å². The molecule has 1 fully saturated rings. The van der Waals surface area contributed by atoms with Crippen LogP contribution in [0.15, 0.2) is 11.2 Å². The number of carbonyl (C=O) groups excluding carboxylic acids is 1. The molecule has 1 aromatic rings. The van der Waals surface area contributed by atoms with Crippen molar-refractivity contribution in [1.29, 1.82) is 0 Å². The van der Waals surface area contributed by atoms with Crippen LogP contribution in [0.5, 0.6) is 11.6 Å². The van der Waals surface area contributed by atoms with Gasteiger partial charge in [-0.3, -0.25) is 0 Å². The summed E-state index contributed by atoms with van der Waals surface area (Å²) in [6, 6.07) is 0. The van der Waals surface area contributed by atoms with Gasteiger partial charge in [0.25, 0.3) is 5.88 Å². The summed E-state index contributed by atoms with van der Waals surface area (Å²) in [6.07, 6.45) is 4.60. The number of methoxy groups -OCH3 is 2. The molecule has 0 amide bonds. The summed E-state index contributed by atoms with van der Waals surface area (Å²) in [5, 5.41) is 0. The molecule has 0 spiro atoms. The first-order valence-corrected chi connectivity index (χ1v) is 4.80. The fourth-order valence-corrected chi connectivity index (χ4v) is 1.46. The van der Waals surface area contributed by atoms with E-state index >= 15 is 0 Å². The highest BCUT2D eigenvalue weighted by Crippen LogP contribution is 2.48. The summed E-state index contributed by atoms with van der Waals surface area (Å²) >= 11 is 0. The van der Waals surface area contributed by atoms with Crippen molar-refractivity contribution < 1.29 is 14.3 Å². The lowest BCUT2D eigenvalue weighted by atomic mass is 10.2. The lowest BCUT2D eigenvalue weighted by Crippen LogP contribution is -2.10. The second-order valence-electron chi connectivity index (χ2n) is 3.51. The molecule has 6 nitrogen and oxygen atoms in total. The first-order valence-electron chi connectivity index (χ1n) is 4.80. The van der Waals surface area contributed by atoms with Gasteiger partial charge in [0.2, 0.25) is 6.08 Å². The van der Waals surface area contributed by atoms with Crippen LogP contribution in [0.2, 0.25) is 0 Å². The molecule has 1 aliphatic rings. The Morgan fingerprint density at radius 1 is 1.44 bits per heavy atom. The van der Waals surface area contributed by atoms with Crippen LogP contribution in [0.25, 0.3) is 0 Å². The molecule has 84 valence electrons. The Balaban J connectivity index is 2.40. The molecule has 0 saturated heterocycles. The average Bonchev–Trinajstić information content (AvgIpc) is 3.09. The van der Waals surface area contributed by atoms with Gasteiger partial charge in [-0.05, 0) is 12.8 Å². The van der Waals surface area contributed by atoms with Crippen LogP contribution < -0.4 is 9.47 Å². The Kier molecular flexibility index (Phi) is 2.58. The molecule has 1 aromatic heterocycles. The van der Waals surface area contributed by atoms with Crippen LogP contribution in [0.4, 0.5) is 0 Å². The van der Waals surface area contributed by atoms with Crippen LogP contribution in [0.1, 0.15) is 18.7 Å². The Bertz CT molecular complexity index is 451. The molecule has 16 heavy (non-hydrogen) atoms. The quantitative estimate of drug-likeness (QED) is 0.555. The second kappa shape index (κ2) is 3.90. The van der Waals surface area contributed by atoms with Crippen LogP contribution in [0, 0.1) is 0 Å². The molecule has 0 N–H and O–H groups in total. The highest BCUT2D eigenvalue weighted by atomic mass is 16.5. The normalized spacial score (nSPS) is 16.1. The molecule has 6 heteroatoms. The summed E-state index contributed by atoms with van der Waals surface area (Å²) in [5.41, 5.74) is -0.582. The van der Waals surface area contributed by atoms with Crippen molar-refractivity contribution in [2.75, 3.05) is 14.2 Å². The lowest BCUT2D eigenvalue weighted by molar-refractivity contribution is 0.337. The number of ether oxygens (including phenoxy) is 2. The van der Waals surface area contributed by atoms with Gasteiger partial charge in [0, 0.05) is 0 Å². The number of nitrogens with zero attached hydrogens (tertiary/aromatic N) is 3. The minimum atomic E-state index is -0.582. The molecule has 0 aromatic carbocycles. The van der Waals surface area contributed by atoms with E-state index in [4.69, 9.17) is 9.47 Å². The van der Waals surface area contributed by atoms with Crippen molar-refractivity contribution in [3.05, 3.63) is 12.0 Å². The standard InChI is InChI=1S/C10H11N3O3/c1-15-7-5-11-9(13-8(7)16-2)10(3-4-10)12-6-14/h5H,3-4H2,1-2H3. The third-order valence-electron chi connectivity index (χ3n) is 2.54. The molecule has 0 bridgehead atoms. The van der Waals surface area contributed by atoms with E-state index in [9.17, 15) is 4.79 Å². The second-order valence-corrected chi connectivity index (χ2v) is 3.51. The third-order valence-corrected chi connectivity index (χ3v) is 2.54. The van der Waals surface area contributed by atoms with Crippen molar-refractivity contribution in [3.8, 4) is 11.6 Å². The van der Waals surface area contributed by atoms with E-state index in [2.05, 4.69) is 15.0 Å². The summed E-state index contributed by atoms with van der Waals surface area (Å²) in [6.45, 7) is 0. The minimum Gasteiger partial charge on any atom is -0.490 e. The first-order chi connectivity index (χ1) is 7.75. The van der Waals surface area contributed by atoms with E-state index in [0.29, 0.717) is 17.5 Å². The monoisotopic (exact) mass is 221 g/mol. The molecule has 0 radical (unpaired) electrons. The van der Waals surface area contributed by atoms with E-state index < -0.39 is 5.54 Å². The minimum absolute atomic E-state index is 0.347. The summed E-state index contributed by atoms with van der Waals surface area (Å²) in [4.78, 5) is 22.4. The van der Waals surface area contributed by atoms with E-state index in [1.165, 1.54) is 20.4 Å². The topological polar surface area (TPSA) is 73.7 Å². The zero-order valence-corrected chi connectivity index (χ0v) is 9.06. The van der Waals surface area contributed by atoms with Gasteiger partial charge in [-0.2, -0.15) is 9.98 Å². The van der Waals surface area contributed by atoms with Crippen LogP contribution in [0.3, 0.4) is 0 Å². The predicted molar refractivity (Wildman–Crippen MR) is 54.2 cm³/mol. The van der Waals surface area contributed by atoms with Gasteiger partial charge in [0.05, 0.1) is 20.4 Å².